The van der Waals surface area contributed by atoms with E-state index in [1.54, 1.807) is 7.06 Å². The van der Waals surface area contributed by atoms with Crippen molar-refractivity contribution in [3.8, 4) is 0 Å². The molecule has 1 atom stereocenters. The third kappa shape index (κ3) is 4.43. The molecule has 1 unspecified atom stereocenters. The zero-order chi connectivity index (χ0) is 9.52. The number of allylic oxidation sites excluding steroid dienone is 5. The molecule has 0 spiro atoms. The Labute approximate surface area is 100 Å². The van der Waals surface area contributed by atoms with E-state index in [0.29, 0.717) is 5.92 Å². The van der Waals surface area contributed by atoms with Gasteiger partial charge in [0.05, 0.1) is 7.17 Å². The molecule has 0 fully saturated rings. The van der Waals surface area contributed by atoms with Crippen LogP contribution >= 0.6 is 0 Å². The second-order valence-corrected chi connectivity index (χ2v) is 3.26. The topological polar surface area (TPSA) is 0 Å². The molecule has 1 aliphatic carbocycles. The smallest absolute Gasteiger partial charge is 0.0552 e. The third-order valence-electron chi connectivity index (χ3n) is 2.33. The van der Waals surface area contributed by atoms with Gasteiger partial charge in [-0.3, -0.25) is 0 Å². The Morgan fingerprint density at radius 1 is 1.64 bits per heavy atom. The maximum atomic E-state index is 5.33. The van der Waals surface area contributed by atoms with Gasteiger partial charge in [0, 0.05) is 31.6 Å². The third-order valence-corrected chi connectivity index (χ3v) is 2.33. The molecule has 0 aliphatic heterocycles. The van der Waals surface area contributed by atoms with E-state index in [2.05, 4.69) is 24.8 Å². The van der Waals surface area contributed by atoms with E-state index >= 15 is 0 Å². The molecule has 0 aromatic rings. The van der Waals surface area contributed by atoms with Crippen molar-refractivity contribution >= 4 is 22.0 Å². The Kier molecular flexibility index (Phi) is 8.20. The van der Waals surface area contributed by atoms with Crippen LogP contribution in [0.3, 0.4) is 0 Å². The molecule has 14 heavy (non-hydrogen) atoms. The zero-order valence-corrected chi connectivity index (χ0v) is 9.32. The van der Waals surface area contributed by atoms with Gasteiger partial charge < -0.3 is 0 Å². The van der Waals surface area contributed by atoms with Crippen LogP contribution in [0.1, 0.15) is 12.8 Å². The summed E-state index contributed by atoms with van der Waals surface area (Å²) in [5.41, 5.74) is 1.50. The van der Waals surface area contributed by atoms with Crippen molar-refractivity contribution < 1.29 is 16.8 Å². The Morgan fingerprint density at radius 3 is 2.93 bits per heavy atom. The zero-order valence-electron chi connectivity index (χ0n) is 8.28. The average Bonchev–Trinajstić information content (AvgIpc) is 2.65. The molecule has 0 aromatic heterocycles. The summed E-state index contributed by atoms with van der Waals surface area (Å²) in [6.45, 7) is 3.78. The van der Waals surface area contributed by atoms with Gasteiger partial charge >= 0.3 is 0 Å². The SMILES string of the molecule is [B][B][B]CC(CC=C)C1=CC=CC1.[Co]. The molecule has 1 aliphatic rings. The van der Waals surface area contributed by atoms with Crippen LogP contribution in [0.2, 0.25) is 6.32 Å². The van der Waals surface area contributed by atoms with Crippen LogP contribution in [0.5, 0.6) is 0 Å². The monoisotopic (exact) mass is 225 g/mol. The summed E-state index contributed by atoms with van der Waals surface area (Å²) in [4.78, 5) is 0. The van der Waals surface area contributed by atoms with Crippen molar-refractivity contribution in [2.75, 3.05) is 0 Å². The van der Waals surface area contributed by atoms with Gasteiger partial charge in [0.15, 0.2) is 0 Å². The largest absolute Gasteiger partial charge is 0.103 e. The summed E-state index contributed by atoms with van der Waals surface area (Å²) in [5.74, 6) is 0.590. The average molecular weight is 225 g/mol. The van der Waals surface area contributed by atoms with E-state index in [1.807, 2.05) is 13.2 Å². The van der Waals surface area contributed by atoms with Crippen LogP contribution < -0.4 is 0 Å². The van der Waals surface area contributed by atoms with Crippen LogP contribution in [0.15, 0.2) is 36.5 Å². The standard InChI is InChI=1S/C10H13B3.Co/c1-2-5-10(8-12-13-11)9-6-3-4-7-9;/h2-4,6,10H,1,5,7-8H2;. The quantitative estimate of drug-likeness (QED) is 0.477. The summed E-state index contributed by atoms with van der Waals surface area (Å²) in [7, 11) is 8.98. The van der Waals surface area contributed by atoms with E-state index in [4.69, 9.17) is 7.74 Å². The summed E-state index contributed by atoms with van der Waals surface area (Å²) in [6, 6.07) is 0. The molecule has 5 radical (unpaired) electrons. The molecule has 0 bridgehead atoms. The van der Waals surface area contributed by atoms with Crippen LogP contribution in [0.4, 0.5) is 0 Å². The van der Waals surface area contributed by atoms with E-state index in [9.17, 15) is 0 Å². The Hall–Kier alpha value is -0.0787. The minimum absolute atomic E-state index is 0. The van der Waals surface area contributed by atoms with Crippen molar-refractivity contribution in [3.63, 3.8) is 0 Å². The normalized spacial score (nSPS) is 15.3. The number of rotatable bonds is 6. The molecule has 1 rings (SSSR count). The van der Waals surface area contributed by atoms with Crippen molar-refractivity contribution in [1.82, 2.24) is 0 Å². The van der Waals surface area contributed by atoms with Crippen molar-refractivity contribution in [2.45, 2.75) is 19.2 Å². The van der Waals surface area contributed by atoms with Crippen LogP contribution in [0.25, 0.3) is 0 Å². The van der Waals surface area contributed by atoms with Crippen molar-refractivity contribution in [1.29, 1.82) is 0 Å². The maximum Gasteiger partial charge on any atom is 0.0552 e. The number of hydrogen-bond donors (Lipinski definition) is 0. The molecule has 0 saturated heterocycles. The molecule has 71 valence electrons. The Bertz CT molecular complexity index is 223. The molecule has 0 nitrogen and oxygen atoms in total. The van der Waals surface area contributed by atoms with E-state index < -0.39 is 0 Å². The first kappa shape index (κ1) is 13.9. The molecular formula is C10H13B3Co. The van der Waals surface area contributed by atoms with Crippen molar-refractivity contribution in [3.05, 3.63) is 36.5 Å². The summed E-state index contributed by atoms with van der Waals surface area (Å²) >= 11 is 0. The fourth-order valence-corrected chi connectivity index (χ4v) is 1.61. The molecular weight excluding hydrogens is 211 g/mol. The van der Waals surface area contributed by atoms with Gasteiger partial charge in [0.25, 0.3) is 0 Å². The fraction of sp³-hybridized carbons (Fsp3) is 0.400. The molecule has 0 saturated carbocycles. The van der Waals surface area contributed by atoms with E-state index in [1.165, 1.54) is 5.57 Å². The summed E-state index contributed by atoms with van der Waals surface area (Å²) < 4.78 is 0. The molecule has 0 heterocycles. The van der Waals surface area contributed by atoms with Gasteiger partial charge in [-0.2, -0.15) is 0 Å². The Balaban J connectivity index is 0.00000169. The first-order valence-electron chi connectivity index (χ1n) is 4.71. The maximum absolute atomic E-state index is 5.33. The van der Waals surface area contributed by atoms with Crippen LogP contribution in [-0.2, 0) is 16.8 Å². The minimum atomic E-state index is 0. The van der Waals surface area contributed by atoms with Gasteiger partial charge in [-0.25, -0.2) is 0 Å². The first-order chi connectivity index (χ1) is 6.38. The van der Waals surface area contributed by atoms with E-state index in [0.717, 1.165) is 19.2 Å². The predicted molar refractivity (Wildman–Crippen MR) is 62.2 cm³/mol. The van der Waals surface area contributed by atoms with Gasteiger partial charge in [-0.15, -0.1) is 6.58 Å². The minimum Gasteiger partial charge on any atom is -0.103 e. The number of hydrogen-bond acceptors (Lipinski definition) is 0. The molecule has 4 heteroatoms. The van der Waals surface area contributed by atoms with Crippen LogP contribution in [-0.4, -0.2) is 22.0 Å². The second-order valence-electron chi connectivity index (χ2n) is 3.26. The summed E-state index contributed by atoms with van der Waals surface area (Å²) in [6.07, 6.45) is 11.7. The first-order valence-corrected chi connectivity index (χ1v) is 4.71. The fourth-order valence-electron chi connectivity index (χ4n) is 1.61. The van der Waals surface area contributed by atoms with Gasteiger partial charge in [-0.05, 0) is 18.8 Å². The van der Waals surface area contributed by atoms with E-state index in [-0.39, 0.29) is 16.8 Å². The summed E-state index contributed by atoms with van der Waals surface area (Å²) in [5, 5.41) is 0. The molecule has 0 amide bonds. The molecule has 0 aromatic carbocycles. The Morgan fingerprint density at radius 2 is 2.43 bits per heavy atom. The van der Waals surface area contributed by atoms with Gasteiger partial charge in [0.2, 0.25) is 0 Å². The second kappa shape index (κ2) is 8.25. The van der Waals surface area contributed by atoms with Crippen LogP contribution in [0, 0.1) is 5.92 Å². The van der Waals surface area contributed by atoms with Crippen molar-refractivity contribution in [2.24, 2.45) is 5.92 Å². The molecule has 0 N–H and O–H groups in total. The van der Waals surface area contributed by atoms with Gasteiger partial charge in [0.1, 0.15) is 0 Å². The predicted octanol–water partition coefficient (Wildman–Crippen LogP) is 1.89. The van der Waals surface area contributed by atoms with Gasteiger partial charge in [-0.1, -0.05) is 36.2 Å².